The minimum absolute atomic E-state index is 0.392. The highest BCUT2D eigenvalue weighted by Crippen LogP contribution is 2.47. The Balaban J connectivity index is 1.31. The molecule has 1 N–H and O–H groups in total. The number of rotatable bonds is 8. The molecule has 0 radical (unpaired) electrons. The van der Waals surface area contributed by atoms with E-state index in [2.05, 4.69) is 51.6 Å². The summed E-state index contributed by atoms with van der Waals surface area (Å²) in [6, 6.07) is 0. The van der Waals surface area contributed by atoms with Crippen LogP contribution in [0.5, 0.6) is 0 Å². The van der Waals surface area contributed by atoms with E-state index in [9.17, 15) is 0 Å². The Morgan fingerprint density at radius 3 is 2.65 bits per heavy atom. The Kier molecular flexibility index (Phi) is 5.11. The predicted molar refractivity (Wildman–Crippen MR) is 102 cm³/mol. The number of unbranched alkanes of at least 4 members (excludes halogenated alkanes) is 1. The molecule has 2 fully saturated rings. The molecule has 6 heteroatoms. The maximum Gasteiger partial charge on any atom is 0.153 e. The van der Waals surface area contributed by atoms with Crippen LogP contribution in [0.15, 0.2) is 12.4 Å². The molecule has 142 valence electrons. The van der Waals surface area contributed by atoms with Gasteiger partial charge in [-0.2, -0.15) is 5.10 Å². The molecule has 2 aromatic heterocycles. The van der Waals surface area contributed by atoms with Crippen molar-refractivity contribution >= 4 is 0 Å². The first-order valence-electron chi connectivity index (χ1n) is 10.2. The van der Waals surface area contributed by atoms with Crippen LogP contribution < -0.4 is 0 Å². The number of H-pyrrole nitrogens is 1. The van der Waals surface area contributed by atoms with Crippen LogP contribution >= 0.6 is 0 Å². The third-order valence-electron chi connectivity index (χ3n) is 6.10. The van der Waals surface area contributed by atoms with Crippen molar-refractivity contribution in [3.8, 4) is 0 Å². The van der Waals surface area contributed by atoms with Crippen LogP contribution in [0, 0.1) is 18.8 Å². The van der Waals surface area contributed by atoms with E-state index >= 15 is 0 Å². The Bertz CT molecular complexity index is 713. The average Bonchev–Trinajstić information content (AvgIpc) is 3.03. The summed E-state index contributed by atoms with van der Waals surface area (Å²) in [4.78, 5) is 11.8. The van der Waals surface area contributed by atoms with Crippen molar-refractivity contribution in [2.75, 3.05) is 19.6 Å². The number of aromatic amines is 1. The average molecular weight is 357 g/mol. The fraction of sp³-hybridized carbons (Fsp3) is 0.750. The molecule has 0 amide bonds. The fourth-order valence-corrected chi connectivity index (χ4v) is 4.36. The first kappa shape index (κ1) is 17.7. The Morgan fingerprint density at radius 2 is 2.00 bits per heavy atom. The third-order valence-corrected chi connectivity index (χ3v) is 6.10. The van der Waals surface area contributed by atoms with Crippen LogP contribution in [0.3, 0.4) is 0 Å². The van der Waals surface area contributed by atoms with Crippen molar-refractivity contribution in [2.24, 2.45) is 11.8 Å². The van der Waals surface area contributed by atoms with Gasteiger partial charge >= 0.3 is 0 Å². The van der Waals surface area contributed by atoms with Gasteiger partial charge < -0.3 is 9.47 Å². The van der Waals surface area contributed by atoms with E-state index < -0.39 is 0 Å². The van der Waals surface area contributed by atoms with Gasteiger partial charge in [0.2, 0.25) is 0 Å². The second-order valence-electron chi connectivity index (χ2n) is 8.48. The molecule has 0 unspecified atom stereocenters. The van der Waals surface area contributed by atoms with E-state index in [1.54, 1.807) is 0 Å². The van der Waals surface area contributed by atoms with Gasteiger partial charge in [0.05, 0.1) is 0 Å². The summed E-state index contributed by atoms with van der Waals surface area (Å²) in [6.07, 6.45) is 9.24. The largest absolute Gasteiger partial charge is 0.335 e. The lowest BCUT2D eigenvalue weighted by Gasteiger charge is -2.15. The van der Waals surface area contributed by atoms with E-state index in [1.165, 1.54) is 38.8 Å². The van der Waals surface area contributed by atoms with Gasteiger partial charge in [-0.15, -0.1) is 0 Å². The second-order valence-corrected chi connectivity index (χ2v) is 8.48. The van der Waals surface area contributed by atoms with Gasteiger partial charge in [-0.25, -0.2) is 9.97 Å². The number of likely N-dealkylation sites (tertiary alicyclic amines) is 1. The van der Waals surface area contributed by atoms with Crippen LogP contribution in [0.25, 0.3) is 0 Å². The summed E-state index contributed by atoms with van der Waals surface area (Å²) in [5.41, 5.74) is 0. The van der Waals surface area contributed by atoms with E-state index in [1.807, 2.05) is 6.20 Å². The lowest BCUT2D eigenvalue weighted by atomic mass is 9.91. The maximum absolute atomic E-state index is 4.82. The van der Waals surface area contributed by atoms with Crippen molar-refractivity contribution in [3.05, 3.63) is 29.9 Å². The smallest absolute Gasteiger partial charge is 0.153 e. The zero-order valence-corrected chi connectivity index (χ0v) is 16.4. The van der Waals surface area contributed by atoms with Crippen LogP contribution in [0.1, 0.15) is 68.8 Å². The van der Waals surface area contributed by atoms with Gasteiger partial charge in [0.1, 0.15) is 11.6 Å². The topological polar surface area (TPSA) is 62.6 Å². The summed E-state index contributed by atoms with van der Waals surface area (Å²) in [6.45, 7) is 11.0. The van der Waals surface area contributed by atoms with Crippen molar-refractivity contribution in [1.29, 1.82) is 0 Å². The van der Waals surface area contributed by atoms with Crippen molar-refractivity contribution in [3.63, 3.8) is 0 Å². The minimum atomic E-state index is 0.392. The molecule has 26 heavy (non-hydrogen) atoms. The number of hydrogen-bond donors (Lipinski definition) is 1. The van der Waals surface area contributed by atoms with Crippen LogP contribution in [-0.2, 0) is 6.54 Å². The van der Waals surface area contributed by atoms with Crippen molar-refractivity contribution in [1.82, 2.24) is 29.6 Å². The maximum atomic E-state index is 4.82. The lowest BCUT2D eigenvalue weighted by Crippen LogP contribution is -2.22. The number of aryl methyl sites for hydroxylation is 2. The highest BCUT2D eigenvalue weighted by molar-refractivity contribution is 5.09. The Labute approximate surface area is 156 Å². The van der Waals surface area contributed by atoms with Crippen molar-refractivity contribution in [2.45, 2.75) is 64.8 Å². The molecular formula is C20H32N6. The summed E-state index contributed by atoms with van der Waals surface area (Å²) in [5, 5.41) is 7.70. The normalized spacial score (nSPS) is 24.0. The molecule has 0 aromatic carbocycles. The molecule has 2 aliphatic rings. The van der Waals surface area contributed by atoms with Crippen molar-refractivity contribution < 1.29 is 0 Å². The molecular weight excluding hydrogens is 324 g/mol. The van der Waals surface area contributed by atoms with Crippen LogP contribution in [0.2, 0.25) is 0 Å². The highest BCUT2D eigenvalue weighted by atomic mass is 15.2. The quantitative estimate of drug-likeness (QED) is 0.737. The van der Waals surface area contributed by atoms with Crippen LogP contribution in [0.4, 0.5) is 0 Å². The fourth-order valence-electron chi connectivity index (χ4n) is 4.36. The lowest BCUT2D eigenvalue weighted by molar-refractivity contribution is 0.307. The van der Waals surface area contributed by atoms with Gasteiger partial charge in [0.25, 0.3) is 0 Å². The molecule has 3 heterocycles. The number of imidazole rings is 1. The van der Waals surface area contributed by atoms with Gasteiger partial charge in [-0.05, 0) is 51.0 Å². The monoisotopic (exact) mass is 356 g/mol. The minimum Gasteiger partial charge on any atom is -0.335 e. The summed E-state index contributed by atoms with van der Waals surface area (Å²) in [5.74, 6) is 5.81. The molecule has 1 aliphatic heterocycles. The highest BCUT2D eigenvalue weighted by Gasteiger charge is 2.44. The molecule has 1 aliphatic carbocycles. The number of hydrogen-bond acceptors (Lipinski definition) is 4. The van der Waals surface area contributed by atoms with E-state index in [-0.39, 0.29) is 0 Å². The summed E-state index contributed by atoms with van der Waals surface area (Å²) in [7, 11) is 0. The number of aromatic nitrogens is 5. The van der Waals surface area contributed by atoms with Gasteiger partial charge in [0.15, 0.2) is 5.82 Å². The number of nitrogens with one attached hydrogen (secondary N) is 1. The zero-order chi connectivity index (χ0) is 18.1. The van der Waals surface area contributed by atoms with E-state index in [4.69, 9.17) is 4.98 Å². The van der Waals surface area contributed by atoms with Gasteiger partial charge in [0, 0.05) is 43.9 Å². The summed E-state index contributed by atoms with van der Waals surface area (Å²) < 4.78 is 2.25. The predicted octanol–water partition coefficient (Wildman–Crippen LogP) is 3.34. The summed E-state index contributed by atoms with van der Waals surface area (Å²) >= 11 is 0. The molecule has 2 aromatic rings. The van der Waals surface area contributed by atoms with Gasteiger partial charge in [-0.3, -0.25) is 5.10 Å². The van der Waals surface area contributed by atoms with E-state index in [0.717, 1.165) is 42.4 Å². The third kappa shape index (κ3) is 3.85. The molecule has 1 saturated heterocycles. The Hall–Kier alpha value is -1.69. The molecule has 0 bridgehead atoms. The SMILES string of the molecule is Cc1nccn1CCCCN1C[C@H](c2nc(C(C)C)n[nH]2)[C@@H](C2CC2)C1. The number of nitrogens with zero attached hydrogens (tertiary/aromatic N) is 5. The second kappa shape index (κ2) is 7.51. The standard InChI is InChI=1S/C20H32N6/c1-14(2)19-22-20(24-23-19)18-13-25(12-17(18)16-6-7-16)9-4-5-10-26-11-8-21-15(26)3/h8,11,14,16-18H,4-7,9-10,12-13H2,1-3H3,(H,22,23,24)/t17-,18+/m1/s1. The first-order valence-corrected chi connectivity index (χ1v) is 10.2. The molecule has 4 rings (SSSR count). The molecule has 0 spiro atoms. The molecule has 1 saturated carbocycles. The first-order chi connectivity index (χ1) is 12.6. The molecule has 6 nitrogen and oxygen atoms in total. The Morgan fingerprint density at radius 1 is 1.19 bits per heavy atom. The molecule has 2 atom stereocenters. The van der Waals surface area contributed by atoms with Crippen LogP contribution in [-0.4, -0.2) is 49.3 Å². The van der Waals surface area contributed by atoms with E-state index in [0.29, 0.717) is 11.8 Å². The van der Waals surface area contributed by atoms with Gasteiger partial charge in [-0.1, -0.05) is 13.8 Å². The zero-order valence-electron chi connectivity index (χ0n) is 16.4.